The molecule has 0 aliphatic carbocycles. The van der Waals surface area contributed by atoms with Crippen LogP contribution >= 0.6 is 0 Å². The molecule has 0 spiro atoms. The van der Waals surface area contributed by atoms with Crippen molar-refractivity contribution in [1.82, 2.24) is 5.32 Å². The number of nitrogens with one attached hydrogen (secondary N) is 2. The van der Waals surface area contributed by atoms with Gasteiger partial charge in [0.25, 0.3) is 0 Å². The van der Waals surface area contributed by atoms with Gasteiger partial charge in [-0.3, -0.25) is 9.59 Å². The van der Waals surface area contributed by atoms with Crippen molar-refractivity contribution < 1.29 is 14.3 Å². The van der Waals surface area contributed by atoms with Gasteiger partial charge in [-0.05, 0) is 24.6 Å². The molecule has 1 aromatic carbocycles. The van der Waals surface area contributed by atoms with E-state index in [9.17, 15) is 9.59 Å². The van der Waals surface area contributed by atoms with Crippen molar-refractivity contribution in [2.24, 2.45) is 5.92 Å². The summed E-state index contributed by atoms with van der Waals surface area (Å²) in [7, 11) is 0. The number of rotatable bonds is 5. The normalized spacial score (nSPS) is 19.9. The minimum Gasteiger partial charge on any atom is -0.383 e. The number of hydrogen-bond donors (Lipinski definition) is 2. The van der Waals surface area contributed by atoms with Gasteiger partial charge in [0, 0.05) is 37.4 Å². The molecule has 0 bridgehead atoms. The summed E-state index contributed by atoms with van der Waals surface area (Å²) in [6, 6.07) is 5.82. The molecule has 2 aliphatic rings. The van der Waals surface area contributed by atoms with Crippen LogP contribution in [-0.2, 0) is 14.3 Å². The zero-order valence-electron chi connectivity index (χ0n) is 16.9. The van der Waals surface area contributed by atoms with Crippen molar-refractivity contribution in [2.45, 2.75) is 39.8 Å². The molecule has 1 fully saturated rings. The third kappa shape index (κ3) is 3.80. The molecule has 0 aromatic heterocycles. The van der Waals surface area contributed by atoms with Crippen molar-refractivity contribution in [2.75, 3.05) is 29.6 Å². The lowest BCUT2D eigenvalue weighted by atomic mass is 10.00. The first-order chi connectivity index (χ1) is 13.3. The Morgan fingerprint density at radius 2 is 2.00 bits per heavy atom. The molecular formula is C21H28N4O3. The summed E-state index contributed by atoms with van der Waals surface area (Å²) in [5.41, 5.74) is 2.97. The number of carbonyl (C=O) groups is 2. The zero-order valence-corrected chi connectivity index (χ0v) is 16.9. The standard InChI is InChI=1S/C21H28N4O3/c1-13(2)21(27)24-10-14(3)25(15(4)26)19-6-5-16(7-20(19)24)17(8-22)9-23-18-11-28-12-18/h5-9,13-14,18,22-23H,10-12H2,1-4H3/b17-9+,22-8?. The summed E-state index contributed by atoms with van der Waals surface area (Å²) < 4.78 is 5.16. The number of fused-ring (bicyclic) bond motifs is 1. The topological polar surface area (TPSA) is 85.7 Å². The molecule has 1 atom stereocenters. The van der Waals surface area contributed by atoms with Crippen molar-refractivity contribution in [1.29, 1.82) is 5.41 Å². The first-order valence-electron chi connectivity index (χ1n) is 9.63. The Balaban J connectivity index is 2.02. The maximum Gasteiger partial charge on any atom is 0.229 e. The average Bonchev–Trinajstić information content (AvgIpc) is 2.61. The van der Waals surface area contributed by atoms with Crippen LogP contribution in [0.5, 0.6) is 0 Å². The van der Waals surface area contributed by atoms with Crippen molar-refractivity contribution in [3.8, 4) is 0 Å². The maximum atomic E-state index is 12.8. The molecule has 2 amide bonds. The Hall–Kier alpha value is -2.67. The van der Waals surface area contributed by atoms with Crippen LogP contribution in [0.1, 0.15) is 33.3 Å². The molecule has 3 rings (SSSR count). The molecule has 28 heavy (non-hydrogen) atoms. The summed E-state index contributed by atoms with van der Waals surface area (Å²) in [4.78, 5) is 28.6. The lowest BCUT2D eigenvalue weighted by Crippen LogP contribution is -2.52. The van der Waals surface area contributed by atoms with E-state index in [0.717, 1.165) is 11.3 Å². The molecular weight excluding hydrogens is 356 g/mol. The highest BCUT2D eigenvalue weighted by Crippen LogP contribution is 2.38. The van der Waals surface area contributed by atoms with E-state index in [2.05, 4.69) is 5.32 Å². The van der Waals surface area contributed by atoms with E-state index in [1.807, 2.05) is 45.2 Å². The molecule has 1 aromatic rings. The summed E-state index contributed by atoms with van der Waals surface area (Å²) in [6.45, 7) is 9.02. The van der Waals surface area contributed by atoms with Gasteiger partial charge in [0.15, 0.2) is 0 Å². The van der Waals surface area contributed by atoms with Gasteiger partial charge in [-0.25, -0.2) is 0 Å². The number of amides is 2. The highest BCUT2D eigenvalue weighted by Gasteiger charge is 2.34. The predicted molar refractivity (Wildman–Crippen MR) is 111 cm³/mol. The Bertz CT molecular complexity index is 814. The van der Waals surface area contributed by atoms with E-state index in [-0.39, 0.29) is 29.8 Å². The molecule has 0 saturated carbocycles. The molecule has 150 valence electrons. The zero-order chi connectivity index (χ0) is 20.4. The number of nitrogens with zero attached hydrogens (tertiary/aromatic N) is 2. The molecule has 7 nitrogen and oxygen atoms in total. The van der Waals surface area contributed by atoms with Crippen LogP contribution in [0.2, 0.25) is 0 Å². The van der Waals surface area contributed by atoms with Crippen LogP contribution in [0.15, 0.2) is 24.4 Å². The van der Waals surface area contributed by atoms with Crippen LogP contribution in [-0.4, -0.2) is 49.9 Å². The van der Waals surface area contributed by atoms with E-state index in [1.165, 1.54) is 6.21 Å². The van der Waals surface area contributed by atoms with Gasteiger partial charge in [0.2, 0.25) is 11.8 Å². The summed E-state index contributed by atoms with van der Waals surface area (Å²) >= 11 is 0. The number of hydrogen-bond acceptors (Lipinski definition) is 5. The van der Waals surface area contributed by atoms with Gasteiger partial charge >= 0.3 is 0 Å². The molecule has 7 heteroatoms. The quantitative estimate of drug-likeness (QED) is 0.764. The monoisotopic (exact) mass is 384 g/mol. The van der Waals surface area contributed by atoms with Crippen LogP contribution in [0, 0.1) is 11.3 Å². The lowest BCUT2D eigenvalue weighted by Gasteiger charge is -2.41. The third-order valence-electron chi connectivity index (χ3n) is 5.11. The van der Waals surface area contributed by atoms with Gasteiger partial charge in [0.1, 0.15) is 0 Å². The van der Waals surface area contributed by atoms with E-state index < -0.39 is 0 Å². The van der Waals surface area contributed by atoms with E-state index in [0.29, 0.717) is 31.0 Å². The lowest BCUT2D eigenvalue weighted by molar-refractivity contribution is -0.122. The minimum atomic E-state index is -0.148. The van der Waals surface area contributed by atoms with Crippen LogP contribution < -0.4 is 15.1 Å². The largest absolute Gasteiger partial charge is 0.383 e. The number of benzene rings is 1. The second-order valence-corrected chi connectivity index (χ2v) is 7.69. The van der Waals surface area contributed by atoms with E-state index >= 15 is 0 Å². The van der Waals surface area contributed by atoms with Crippen molar-refractivity contribution in [3.05, 3.63) is 30.0 Å². The summed E-state index contributed by atoms with van der Waals surface area (Å²) in [6.07, 6.45) is 3.10. The molecule has 2 aliphatic heterocycles. The first kappa shape index (κ1) is 20.1. The van der Waals surface area contributed by atoms with Crippen LogP contribution in [0.3, 0.4) is 0 Å². The third-order valence-corrected chi connectivity index (χ3v) is 5.11. The fourth-order valence-corrected chi connectivity index (χ4v) is 3.55. The van der Waals surface area contributed by atoms with Gasteiger partial charge in [-0.1, -0.05) is 19.9 Å². The second-order valence-electron chi connectivity index (χ2n) is 7.69. The Labute approximate surface area is 165 Å². The van der Waals surface area contributed by atoms with E-state index in [1.54, 1.807) is 16.7 Å². The fourth-order valence-electron chi connectivity index (χ4n) is 3.55. The highest BCUT2D eigenvalue weighted by molar-refractivity contribution is 6.10. The van der Waals surface area contributed by atoms with Gasteiger partial charge in [-0.2, -0.15) is 0 Å². The Morgan fingerprint density at radius 3 is 2.54 bits per heavy atom. The van der Waals surface area contributed by atoms with Crippen LogP contribution in [0.4, 0.5) is 11.4 Å². The number of carbonyl (C=O) groups excluding carboxylic acids is 2. The molecule has 1 unspecified atom stereocenters. The highest BCUT2D eigenvalue weighted by atomic mass is 16.5. The van der Waals surface area contributed by atoms with Gasteiger partial charge in [-0.15, -0.1) is 0 Å². The maximum absolute atomic E-state index is 12.8. The summed E-state index contributed by atoms with van der Waals surface area (Å²) in [5, 5.41) is 11.0. The SMILES string of the molecule is CC(=O)N1c2ccc(/C(C=N)=C/NC3COC3)cc2N(C(=O)C(C)C)CC1C. The van der Waals surface area contributed by atoms with Crippen LogP contribution in [0.25, 0.3) is 5.57 Å². The smallest absolute Gasteiger partial charge is 0.229 e. The number of allylic oxidation sites excluding steroid dienone is 1. The molecule has 2 heterocycles. The van der Waals surface area contributed by atoms with Gasteiger partial charge in [0.05, 0.1) is 36.7 Å². The Morgan fingerprint density at radius 1 is 1.29 bits per heavy atom. The second kappa shape index (κ2) is 8.14. The van der Waals surface area contributed by atoms with Crippen molar-refractivity contribution in [3.63, 3.8) is 0 Å². The fraction of sp³-hybridized carbons (Fsp3) is 0.476. The van der Waals surface area contributed by atoms with Gasteiger partial charge < -0.3 is 25.3 Å². The number of ether oxygens (including phenoxy) is 1. The minimum absolute atomic E-state index is 0.0265. The summed E-state index contributed by atoms with van der Waals surface area (Å²) in [5.74, 6) is -0.170. The predicted octanol–water partition coefficient (Wildman–Crippen LogP) is 2.41. The molecule has 2 N–H and O–H groups in total. The molecule has 1 saturated heterocycles. The average molecular weight is 384 g/mol. The number of anilines is 2. The Kier molecular flexibility index (Phi) is 5.84. The van der Waals surface area contributed by atoms with Crippen molar-refractivity contribution >= 4 is 35.0 Å². The first-order valence-corrected chi connectivity index (χ1v) is 9.63. The molecule has 0 radical (unpaired) electrons. The van der Waals surface area contributed by atoms with E-state index in [4.69, 9.17) is 10.1 Å².